The fourth-order valence-electron chi connectivity index (χ4n) is 1.49. The molecule has 2 aromatic rings. The van der Waals surface area contributed by atoms with E-state index in [-0.39, 0.29) is 0 Å². The van der Waals surface area contributed by atoms with E-state index in [1.807, 2.05) is 6.92 Å². The van der Waals surface area contributed by atoms with E-state index in [0.29, 0.717) is 15.6 Å². The smallest absolute Gasteiger partial charge is 0.271 e. The van der Waals surface area contributed by atoms with Gasteiger partial charge in [0.15, 0.2) is 0 Å². The maximum Gasteiger partial charge on any atom is 0.271 e. The van der Waals surface area contributed by atoms with Gasteiger partial charge in [-0.3, -0.25) is 4.72 Å². The molecule has 0 spiro atoms. The molecule has 1 N–H and O–H groups in total. The fourth-order valence-corrected chi connectivity index (χ4v) is 3.61. The van der Waals surface area contributed by atoms with Crippen molar-refractivity contribution < 1.29 is 13.2 Å². The van der Waals surface area contributed by atoms with E-state index < -0.39 is 10.0 Å². The minimum Gasteiger partial charge on any atom is -0.497 e. The van der Waals surface area contributed by atoms with Gasteiger partial charge in [0.2, 0.25) is 0 Å². The van der Waals surface area contributed by atoms with Crippen molar-refractivity contribution in [2.75, 3.05) is 11.8 Å². The Morgan fingerprint density at radius 2 is 2.06 bits per heavy atom. The topological polar surface area (TPSA) is 55.4 Å². The molecule has 0 aliphatic heterocycles. The molecule has 1 aromatic carbocycles. The van der Waals surface area contributed by atoms with E-state index in [4.69, 9.17) is 4.74 Å². The van der Waals surface area contributed by atoms with Crippen molar-refractivity contribution in [1.29, 1.82) is 0 Å². The lowest BCUT2D eigenvalue weighted by Crippen LogP contribution is -2.12. The molecule has 0 saturated carbocycles. The lowest BCUT2D eigenvalue weighted by Gasteiger charge is -2.10. The van der Waals surface area contributed by atoms with Crippen LogP contribution in [0, 0.1) is 6.92 Å². The van der Waals surface area contributed by atoms with Crippen LogP contribution in [0.15, 0.2) is 39.9 Å². The third-order valence-corrected chi connectivity index (χ3v) is 5.20. The van der Waals surface area contributed by atoms with Crippen molar-refractivity contribution in [2.45, 2.75) is 11.1 Å². The highest BCUT2D eigenvalue weighted by atomic mass is 32.2. The number of benzene rings is 1. The molecule has 0 aliphatic carbocycles. The number of nitrogens with one attached hydrogen (secondary N) is 1. The summed E-state index contributed by atoms with van der Waals surface area (Å²) in [5.41, 5.74) is 1.37. The summed E-state index contributed by atoms with van der Waals surface area (Å²) in [5.74, 6) is 0.701. The molecule has 1 heterocycles. The molecule has 18 heavy (non-hydrogen) atoms. The molecule has 0 amide bonds. The van der Waals surface area contributed by atoms with Crippen LogP contribution in [-0.4, -0.2) is 15.5 Å². The lowest BCUT2D eigenvalue weighted by molar-refractivity contribution is 0.414. The summed E-state index contributed by atoms with van der Waals surface area (Å²) >= 11 is 1.19. The molecular weight excluding hydrogens is 270 g/mol. The third-order valence-electron chi connectivity index (χ3n) is 2.44. The number of sulfonamides is 1. The molecule has 0 bridgehead atoms. The summed E-state index contributed by atoms with van der Waals surface area (Å²) in [6.45, 7) is 1.83. The maximum atomic E-state index is 12.0. The summed E-state index contributed by atoms with van der Waals surface area (Å²) in [7, 11) is -1.91. The van der Waals surface area contributed by atoms with Gasteiger partial charge in [-0.1, -0.05) is 6.07 Å². The molecule has 4 nitrogen and oxygen atoms in total. The van der Waals surface area contributed by atoms with Crippen LogP contribution in [0.25, 0.3) is 0 Å². The second kappa shape index (κ2) is 4.99. The predicted molar refractivity (Wildman–Crippen MR) is 72.9 cm³/mol. The Labute approximate surface area is 110 Å². The number of rotatable bonds is 4. The van der Waals surface area contributed by atoms with Crippen LogP contribution in [0.5, 0.6) is 5.75 Å². The Morgan fingerprint density at radius 3 is 2.61 bits per heavy atom. The SMILES string of the molecule is COc1ccc(NS(=O)(=O)c2cccs2)c(C)c1. The first-order valence-electron chi connectivity index (χ1n) is 5.24. The monoisotopic (exact) mass is 283 g/mol. The molecule has 0 fully saturated rings. The van der Waals surface area contributed by atoms with E-state index in [1.54, 1.807) is 42.8 Å². The molecule has 0 radical (unpaired) electrons. The molecule has 2 rings (SSSR count). The first kappa shape index (κ1) is 12.9. The first-order chi connectivity index (χ1) is 8.53. The van der Waals surface area contributed by atoms with Crippen LogP contribution in [0.4, 0.5) is 5.69 Å². The Bertz CT molecular complexity index is 633. The number of aryl methyl sites for hydroxylation is 1. The van der Waals surface area contributed by atoms with Gasteiger partial charge >= 0.3 is 0 Å². The van der Waals surface area contributed by atoms with E-state index in [2.05, 4.69) is 4.72 Å². The highest BCUT2D eigenvalue weighted by Gasteiger charge is 2.16. The minimum atomic E-state index is -3.48. The summed E-state index contributed by atoms with van der Waals surface area (Å²) in [6, 6.07) is 8.48. The van der Waals surface area contributed by atoms with E-state index in [0.717, 1.165) is 5.56 Å². The number of hydrogen-bond donors (Lipinski definition) is 1. The lowest BCUT2D eigenvalue weighted by atomic mass is 10.2. The second-order valence-corrected chi connectivity index (χ2v) is 6.58. The van der Waals surface area contributed by atoms with Gasteiger partial charge in [-0.25, -0.2) is 8.42 Å². The maximum absolute atomic E-state index is 12.0. The molecule has 1 aromatic heterocycles. The van der Waals surface area contributed by atoms with Gasteiger partial charge in [0, 0.05) is 0 Å². The van der Waals surface area contributed by atoms with Crippen molar-refractivity contribution in [1.82, 2.24) is 0 Å². The second-order valence-electron chi connectivity index (χ2n) is 3.72. The van der Waals surface area contributed by atoms with Crippen LogP contribution in [0.3, 0.4) is 0 Å². The van der Waals surface area contributed by atoms with Crippen LogP contribution in [-0.2, 0) is 10.0 Å². The van der Waals surface area contributed by atoms with Gasteiger partial charge in [0.25, 0.3) is 10.0 Å². The van der Waals surface area contributed by atoms with E-state index >= 15 is 0 Å². The zero-order valence-corrected chi connectivity index (χ0v) is 11.6. The van der Waals surface area contributed by atoms with Crippen LogP contribution >= 0.6 is 11.3 Å². The summed E-state index contributed by atoms with van der Waals surface area (Å²) in [6.07, 6.45) is 0. The van der Waals surface area contributed by atoms with Gasteiger partial charge in [-0.05, 0) is 42.1 Å². The zero-order chi connectivity index (χ0) is 13.2. The van der Waals surface area contributed by atoms with Crippen molar-refractivity contribution >= 4 is 27.0 Å². The number of methoxy groups -OCH3 is 1. The molecule has 0 atom stereocenters. The van der Waals surface area contributed by atoms with Crippen molar-refractivity contribution in [2.24, 2.45) is 0 Å². The first-order valence-corrected chi connectivity index (χ1v) is 7.60. The van der Waals surface area contributed by atoms with Crippen LogP contribution < -0.4 is 9.46 Å². The van der Waals surface area contributed by atoms with Gasteiger partial charge in [0.1, 0.15) is 9.96 Å². The number of ether oxygens (including phenoxy) is 1. The highest BCUT2D eigenvalue weighted by Crippen LogP contribution is 2.25. The van der Waals surface area contributed by atoms with Crippen molar-refractivity contribution in [3.63, 3.8) is 0 Å². The normalized spacial score (nSPS) is 11.2. The summed E-state index contributed by atoms with van der Waals surface area (Å²) in [4.78, 5) is 0. The summed E-state index contributed by atoms with van der Waals surface area (Å²) < 4.78 is 32.0. The van der Waals surface area contributed by atoms with Gasteiger partial charge in [-0.15, -0.1) is 11.3 Å². The highest BCUT2D eigenvalue weighted by molar-refractivity contribution is 7.94. The zero-order valence-electron chi connectivity index (χ0n) is 10.0. The molecule has 0 saturated heterocycles. The van der Waals surface area contributed by atoms with Crippen LogP contribution in [0.2, 0.25) is 0 Å². The number of anilines is 1. The molecule has 96 valence electrons. The van der Waals surface area contributed by atoms with Gasteiger partial charge in [0.05, 0.1) is 12.8 Å². The largest absolute Gasteiger partial charge is 0.497 e. The fraction of sp³-hybridized carbons (Fsp3) is 0.167. The summed E-state index contributed by atoms with van der Waals surface area (Å²) in [5, 5.41) is 1.73. The third kappa shape index (κ3) is 2.65. The Kier molecular flexibility index (Phi) is 3.58. The minimum absolute atomic E-state index is 0.303. The molecular formula is C12H13NO3S2. The molecule has 6 heteroatoms. The molecule has 0 unspecified atom stereocenters. The average molecular weight is 283 g/mol. The predicted octanol–water partition coefficient (Wildman–Crippen LogP) is 2.87. The van der Waals surface area contributed by atoms with Gasteiger partial charge in [-0.2, -0.15) is 0 Å². The number of hydrogen-bond acceptors (Lipinski definition) is 4. The Balaban J connectivity index is 2.30. The van der Waals surface area contributed by atoms with E-state index in [1.165, 1.54) is 11.3 Å². The van der Waals surface area contributed by atoms with Crippen molar-refractivity contribution in [3.8, 4) is 5.75 Å². The van der Waals surface area contributed by atoms with Crippen LogP contribution in [0.1, 0.15) is 5.56 Å². The van der Waals surface area contributed by atoms with E-state index in [9.17, 15) is 8.42 Å². The Hall–Kier alpha value is -1.53. The average Bonchev–Trinajstić information content (AvgIpc) is 2.86. The van der Waals surface area contributed by atoms with Gasteiger partial charge < -0.3 is 4.74 Å². The Morgan fingerprint density at radius 1 is 1.28 bits per heavy atom. The molecule has 0 aliphatic rings. The quantitative estimate of drug-likeness (QED) is 0.938. The number of thiophene rings is 1. The van der Waals surface area contributed by atoms with Crippen molar-refractivity contribution in [3.05, 3.63) is 41.3 Å². The standard InChI is InChI=1S/C12H13NO3S2/c1-9-8-10(16-2)5-6-11(9)13-18(14,15)12-4-3-7-17-12/h3-8,13H,1-2H3.